The van der Waals surface area contributed by atoms with Gasteiger partial charge in [-0.15, -0.1) is 0 Å². The third kappa shape index (κ3) is 3.63. The zero-order valence-corrected chi connectivity index (χ0v) is 16.8. The molecule has 150 valence electrons. The highest BCUT2D eigenvalue weighted by atomic mass is 16.1. The van der Waals surface area contributed by atoms with Crippen LogP contribution < -0.4 is 11.1 Å². The Morgan fingerprint density at radius 1 is 1.10 bits per heavy atom. The lowest BCUT2D eigenvalue weighted by molar-refractivity contribution is -0.111. The predicted octanol–water partition coefficient (Wildman–Crippen LogP) is 4.23. The van der Waals surface area contributed by atoms with E-state index in [4.69, 9.17) is 5.73 Å². The number of carbonyl (C=O) groups is 2. The van der Waals surface area contributed by atoms with E-state index in [-0.39, 0.29) is 5.91 Å². The number of nitrogens with zero attached hydrogens (tertiary/aromatic N) is 1. The number of aromatic amines is 1. The van der Waals surface area contributed by atoms with E-state index in [0.717, 1.165) is 33.3 Å². The molecule has 0 aliphatic heterocycles. The van der Waals surface area contributed by atoms with Crippen LogP contribution >= 0.6 is 0 Å². The van der Waals surface area contributed by atoms with Gasteiger partial charge in [-0.1, -0.05) is 18.2 Å². The Kier molecular flexibility index (Phi) is 4.98. The van der Waals surface area contributed by atoms with E-state index >= 15 is 0 Å². The molecule has 6 nitrogen and oxygen atoms in total. The van der Waals surface area contributed by atoms with Gasteiger partial charge in [0.2, 0.25) is 5.91 Å². The molecular weight excluding hydrogens is 376 g/mol. The van der Waals surface area contributed by atoms with Gasteiger partial charge in [0.15, 0.2) is 0 Å². The molecule has 0 unspecified atom stereocenters. The lowest BCUT2D eigenvalue weighted by Crippen LogP contribution is -2.11. The molecule has 2 aromatic heterocycles. The zero-order chi connectivity index (χ0) is 21.3. The summed E-state index contributed by atoms with van der Waals surface area (Å²) in [5.41, 5.74) is 11.2. The molecule has 4 aromatic rings. The van der Waals surface area contributed by atoms with Crippen LogP contribution in [0.2, 0.25) is 0 Å². The molecule has 0 radical (unpaired) electrons. The van der Waals surface area contributed by atoms with Gasteiger partial charge in [-0.25, -0.2) is 0 Å². The lowest BCUT2D eigenvalue weighted by Gasteiger charge is -2.13. The normalized spacial score (nSPS) is 11.3. The van der Waals surface area contributed by atoms with Gasteiger partial charge in [-0.3, -0.25) is 9.59 Å². The number of hydrogen-bond donors (Lipinski definition) is 3. The maximum Gasteiger partial charge on any atom is 0.250 e. The SMILES string of the molecule is Cc1c(NC(=O)/C=C/c2ccn(C)c2)cccc1-c1ccc(C(N)=O)c2[nH]ccc12. The fraction of sp³-hybridized carbons (Fsp3) is 0.0833. The van der Waals surface area contributed by atoms with Gasteiger partial charge < -0.3 is 20.6 Å². The van der Waals surface area contributed by atoms with Gasteiger partial charge in [0.05, 0.1) is 11.1 Å². The number of amides is 2. The van der Waals surface area contributed by atoms with Crippen molar-refractivity contribution in [1.29, 1.82) is 0 Å². The van der Waals surface area contributed by atoms with Crippen molar-refractivity contribution in [2.45, 2.75) is 6.92 Å². The second-order valence-corrected chi connectivity index (χ2v) is 7.20. The standard InChI is InChI=1S/C24H22N4O2/c1-15-17(18-7-8-20(24(25)30)23-19(18)10-12-26-23)4-3-5-21(15)27-22(29)9-6-16-11-13-28(2)14-16/h3-14,26H,1-2H3,(H2,25,30)(H,27,29)/b9-6+. The van der Waals surface area contributed by atoms with Crippen LogP contribution in [0.25, 0.3) is 28.1 Å². The molecule has 0 fully saturated rings. The largest absolute Gasteiger partial charge is 0.366 e. The van der Waals surface area contributed by atoms with Crippen LogP contribution in [-0.2, 0) is 11.8 Å². The van der Waals surface area contributed by atoms with Crippen LogP contribution in [0, 0.1) is 6.92 Å². The third-order valence-corrected chi connectivity index (χ3v) is 5.15. The van der Waals surface area contributed by atoms with Crippen molar-refractivity contribution in [1.82, 2.24) is 9.55 Å². The number of rotatable bonds is 5. The Hall–Kier alpha value is -4.06. The van der Waals surface area contributed by atoms with E-state index in [1.54, 1.807) is 18.3 Å². The molecule has 0 saturated carbocycles. The number of fused-ring (bicyclic) bond motifs is 1. The second-order valence-electron chi connectivity index (χ2n) is 7.20. The molecular formula is C24H22N4O2. The van der Waals surface area contributed by atoms with E-state index in [1.807, 2.05) is 67.3 Å². The maximum atomic E-state index is 12.4. The molecule has 6 heteroatoms. The highest BCUT2D eigenvalue weighted by molar-refractivity contribution is 6.10. The highest BCUT2D eigenvalue weighted by Gasteiger charge is 2.15. The molecule has 0 atom stereocenters. The molecule has 2 heterocycles. The number of carbonyl (C=O) groups excluding carboxylic acids is 2. The first-order valence-corrected chi connectivity index (χ1v) is 9.55. The minimum atomic E-state index is -0.475. The van der Waals surface area contributed by atoms with Crippen molar-refractivity contribution in [3.8, 4) is 11.1 Å². The summed E-state index contributed by atoms with van der Waals surface area (Å²) in [6.45, 7) is 1.96. The minimum Gasteiger partial charge on any atom is -0.366 e. The van der Waals surface area contributed by atoms with Crippen molar-refractivity contribution in [3.63, 3.8) is 0 Å². The van der Waals surface area contributed by atoms with Gasteiger partial charge >= 0.3 is 0 Å². The van der Waals surface area contributed by atoms with E-state index < -0.39 is 5.91 Å². The topological polar surface area (TPSA) is 92.9 Å². The van der Waals surface area contributed by atoms with Gasteiger partial charge in [0.1, 0.15) is 0 Å². The molecule has 2 amide bonds. The number of anilines is 1. The smallest absolute Gasteiger partial charge is 0.250 e. The van der Waals surface area contributed by atoms with Crippen molar-refractivity contribution >= 4 is 34.5 Å². The Bertz CT molecular complexity index is 1290. The first kappa shape index (κ1) is 19.3. The average molecular weight is 398 g/mol. The van der Waals surface area contributed by atoms with E-state index in [2.05, 4.69) is 10.3 Å². The van der Waals surface area contributed by atoms with Gasteiger partial charge in [0.25, 0.3) is 5.91 Å². The Morgan fingerprint density at radius 3 is 2.67 bits per heavy atom. The quantitative estimate of drug-likeness (QED) is 0.439. The number of aromatic nitrogens is 2. The summed E-state index contributed by atoms with van der Waals surface area (Å²) in [5, 5.41) is 3.86. The maximum absolute atomic E-state index is 12.4. The molecule has 2 aromatic carbocycles. The molecule has 30 heavy (non-hydrogen) atoms. The van der Waals surface area contributed by atoms with Crippen LogP contribution in [0.15, 0.2) is 67.1 Å². The molecule has 0 spiro atoms. The Labute approximate surface area is 174 Å². The summed E-state index contributed by atoms with van der Waals surface area (Å²) in [4.78, 5) is 27.2. The minimum absolute atomic E-state index is 0.199. The first-order chi connectivity index (χ1) is 14.4. The summed E-state index contributed by atoms with van der Waals surface area (Å²) < 4.78 is 1.93. The van der Waals surface area contributed by atoms with Crippen LogP contribution in [0.3, 0.4) is 0 Å². The lowest BCUT2D eigenvalue weighted by atomic mass is 9.94. The summed E-state index contributed by atoms with van der Waals surface area (Å²) >= 11 is 0. The summed E-state index contributed by atoms with van der Waals surface area (Å²) in [7, 11) is 1.93. The Balaban J connectivity index is 1.65. The highest BCUT2D eigenvalue weighted by Crippen LogP contribution is 2.34. The van der Waals surface area contributed by atoms with Crippen LogP contribution in [-0.4, -0.2) is 21.4 Å². The van der Waals surface area contributed by atoms with Crippen LogP contribution in [0.5, 0.6) is 0 Å². The van der Waals surface area contributed by atoms with Crippen molar-refractivity contribution < 1.29 is 9.59 Å². The monoisotopic (exact) mass is 398 g/mol. The van der Waals surface area contributed by atoms with E-state index in [1.165, 1.54) is 6.08 Å². The molecule has 0 aliphatic rings. The number of H-pyrrole nitrogens is 1. The van der Waals surface area contributed by atoms with Crippen molar-refractivity contribution in [2.24, 2.45) is 12.8 Å². The van der Waals surface area contributed by atoms with Gasteiger partial charge in [-0.05, 0) is 59.5 Å². The first-order valence-electron chi connectivity index (χ1n) is 9.55. The number of hydrogen-bond acceptors (Lipinski definition) is 2. The predicted molar refractivity (Wildman–Crippen MR) is 120 cm³/mol. The number of benzene rings is 2. The number of nitrogens with one attached hydrogen (secondary N) is 2. The fourth-order valence-corrected chi connectivity index (χ4v) is 3.63. The average Bonchev–Trinajstić information content (AvgIpc) is 3.36. The van der Waals surface area contributed by atoms with Crippen LogP contribution in [0.1, 0.15) is 21.5 Å². The third-order valence-electron chi connectivity index (χ3n) is 5.15. The second kappa shape index (κ2) is 7.75. The Morgan fingerprint density at radius 2 is 1.93 bits per heavy atom. The number of primary amides is 1. The fourth-order valence-electron chi connectivity index (χ4n) is 3.63. The summed E-state index contributed by atoms with van der Waals surface area (Å²) in [6.07, 6.45) is 8.95. The van der Waals surface area contributed by atoms with Crippen molar-refractivity contribution in [3.05, 3.63) is 83.8 Å². The number of nitrogens with two attached hydrogens (primary N) is 1. The van der Waals surface area contributed by atoms with Crippen LogP contribution in [0.4, 0.5) is 5.69 Å². The summed E-state index contributed by atoms with van der Waals surface area (Å²) in [5.74, 6) is -0.674. The number of aryl methyl sites for hydroxylation is 1. The molecule has 0 bridgehead atoms. The van der Waals surface area contributed by atoms with Crippen molar-refractivity contribution in [2.75, 3.05) is 5.32 Å². The molecule has 4 N–H and O–H groups in total. The van der Waals surface area contributed by atoms with Gasteiger partial charge in [0, 0.05) is 42.8 Å². The van der Waals surface area contributed by atoms with Gasteiger partial charge in [-0.2, -0.15) is 0 Å². The molecule has 0 aliphatic carbocycles. The summed E-state index contributed by atoms with van der Waals surface area (Å²) in [6, 6.07) is 13.2. The molecule has 4 rings (SSSR count). The zero-order valence-electron chi connectivity index (χ0n) is 16.8. The molecule has 0 saturated heterocycles. The van der Waals surface area contributed by atoms with E-state index in [9.17, 15) is 9.59 Å². The van der Waals surface area contributed by atoms with E-state index in [0.29, 0.717) is 11.1 Å².